The van der Waals surface area contributed by atoms with Gasteiger partial charge in [-0.3, -0.25) is 4.79 Å². The fraction of sp³-hybridized carbons (Fsp3) is 0.250. The van der Waals surface area contributed by atoms with Crippen LogP contribution in [0.3, 0.4) is 0 Å². The molecule has 6 nitrogen and oxygen atoms in total. The van der Waals surface area contributed by atoms with Crippen molar-refractivity contribution in [3.8, 4) is 17.2 Å². The minimum Gasteiger partial charge on any atom is -0.497 e. The second-order valence-electron chi connectivity index (χ2n) is 7.10. The maximum atomic E-state index is 12.5. The van der Waals surface area contributed by atoms with Crippen molar-refractivity contribution in [2.24, 2.45) is 5.10 Å². The van der Waals surface area contributed by atoms with Crippen molar-refractivity contribution in [1.29, 1.82) is 0 Å². The van der Waals surface area contributed by atoms with Gasteiger partial charge in [-0.25, -0.2) is 5.43 Å². The Hall–Kier alpha value is -3.54. The standard InChI is InChI=1S/C24H26N2O4/c1-15(2)30-22-11-9-20(14-23(22)29-5)24(27)26-25-16(3)17-6-7-19-13-21(28-4)10-8-18(19)12-17/h6-15H,1-5H3,(H,26,27)/b25-16-. The van der Waals surface area contributed by atoms with Crippen LogP contribution in [-0.2, 0) is 0 Å². The number of benzene rings is 3. The highest BCUT2D eigenvalue weighted by Crippen LogP contribution is 2.29. The fourth-order valence-electron chi connectivity index (χ4n) is 3.00. The number of hydrogen-bond acceptors (Lipinski definition) is 5. The van der Waals surface area contributed by atoms with E-state index in [1.54, 1.807) is 32.4 Å². The molecule has 0 bridgehead atoms. The molecule has 0 fully saturated rings. The van der Waals surface area contributed by atoms with Crippen LogP contribution >= 0.6 is 0 Å². The number of methoxy groups -OCH3 is 2. The van der Waals surface area contributed by atoms with Gasteiger partial charge in [-0.05, 0) is 73.5 Å². The summed E-state index contributed by atoms with van der Waals surface area (Å²) >= 11 is 0. The summed E-state index contributed by atoms with van der Waals surface area (Å²) in [6, 6.07) is 16.9. The van der Waals surface area contributed by atoms with E-state index in [4.69, 9.17) is 14.2 Å². The summed E-state index contributed by atoms with van der Waals surface area (Å²) < 4.78 is 16.3. The summed E-state index contributed by atoms with van der Waals surface area (Å²) in [5.41, 5.74) is 4.67. The Bertz CT molecular complexity index is 1090. The third kappa shape index (κ3) is 4.89. The lowest BCUT2D eigenvalue weighted by molar-refractivity contribution is 0.0954. The lowest BCUT2D eigenvalue weighted by atomic mass is 10.0. The first kappa shape index (κ1) is 21.2. The predicted molar refractivity (Wildman–Crippen MR) is 119 cm³/mol. The molecular formula is C24H26N2O4. The molecule has 0 aliphatic carbocycles. The number of nitrogens with zero attached hydrogens (tertiary/aromatic N) is 1. The summed E-state index contributed by atoms with van der Waals surface area (Å²) in [6.45, 7) is 5.72. The smallest absolute Gasteiger partial charge is 0.271 e. The Morgan fingerprint density at radius 3 is 2.27 bits per heavy atom. The van der Waals surface area contributed by atoms with Crippen LogP contribution in [0.5, 0.6) is 17.2 Å². The number of fused-ring (bicyclic) bond motifs is 1. The van der Waals surface area contributed by atoms with E-state index in [2.05, 4.69) is 10.5 Å². The van der Waals surface area contributed by atoms with E-state index in [1.165, 1.54) is 0 Å². The van der Waals surface area contributed by atoms with Crippen LogP contribution in [0, 0.1) is 0 Å². The first-order chi connectivity index (χ1) is 14.4. The molecule has 0 aromatic heterocycles. The van der Waals surface area contributed by atoms with Crippen molar-refractivity contribution in [3.05, 3.63) is 65.7 Å². The van der Waals surface area contributed by atoms with Crippen LogP contribution in [0.2, 0.25) is 0 Å². The monoisotopic (exact) mass is 406 g/mol. The molecule has 3 rings (SSSR count). The lowest BCUT2D eigenvalue weighted by Gasteiger charge is -2.14. The van der Waals surface area contributed by atoms with Crippen molar-refractivity contribution in [1.82, 2.24) is 5.43 Å². The van der Waals surface area contributed by atoms with Crippen molar-refractivity contribution in [2.45, 2.75) is 26.9 Å². The molecule has 0 unspecified atom stereocenters. The molecule has 1 amide bonds. The van der Waals surface area contributed by atoms with Gasteiger partial charge >= 0.3 is 0 Å². The highest BCUT2D eigenvalue weighted by atomic mass is 16.5. The summed E-state index contributed by atoms with van der Waals surface area (Å²) in [7, 11) is 3.19. The van der Waals surface area contributed by atoms with Gasteiger partial charge in [-0.15, -0.1) is 0 Å². The number of hydrogen-bond donors (Lipinski definition) is 1. The number of carbonyl (C=O) groups excluding carboxylic acids is 1. The van der Waals surface area contributed by atoms with Crippen molar-refractivity contribution >= 4 is 22.4 Å². The Kier molecular flexibility index (Phi) is 6.57. The quantitative estimate of drug-likeness (QED) is 0.452. The topological polar surface area (TPSA) is 69.2 Å². The third-order valence-corrected chi connectivity index (χ3v) is 4.58. The Balaban J connectivity index is 1.76. The highest BCUT2D eigenvalue weighted by Gasteiger charge is 2.12. The zero-order valence-electron chi connectivity index (χ0n) is 17.9. The molecule has 30 heavy (non-hydrogen) atoms. The number of carbonyl (C=O) groups is 1. The van der Waals surface area contributed by atoms with Crippen molar-refractivity contribution in [3.63, 3.8) is 0 Å². The zero-order chi connectivity index (χ0) is 21.7. The molecule has 6 heteroatoms. The molecule has 156 valence electrons. The van der Waals surface area contributed by atoms with E-state index >= 15 is 0 Å². The number of ether oxygens (including phenoxy) is 3. The third-order valence-electron chi connectivity index (χ3n) is 4.58. The molecule has 0 spiro atoms. The maximum absolute atomic E-state index is 12.5. The minimum atomic E-state index is -0.325. The Morgan fingerprint density at radius 2 is 1.57 bits per heavy atom. The fourth-order valence-corrected chi connectivity index (χ4v) is 3.00. The minimum absolute atomic E-state index is 0.00821. The van der Waals surface area contributed by atoms with Crippen molar-refractivity contribution < 1.29 is 19.0 Å². The molecule has 1 N–H and O–H groups in total. The molecule has 0 aliphatic rings. The Morgan fingerprint density at radius 1 is 0.867 bits per heavy atom. The van der Waals surface area contributed by atoms with Crippen LogP contribution in [-0.4, -0.2) is 31.9 Å². The van der Waals surface area contributed by atoms with E-state index in [1.807, 2.05) is 57.2 Å². The van der Waals surface area contributed by atoms with E-state index in [9.17, 15) is 4.79 Å². The van der Waals surface area contributed by atoms with Gasteiger partial charge in [0.1, 0.15) is 5.75 Å². The number of hydrazone groups is 1. The average Bonchev–Trinajstić information content (AvgIpc) is 2.76. The zero-order valence-corrected chi connectivity index (χ0v) is 17.9. The second-order valence-corrected chi connectivity index (χ2v) is 7.10. The van der Waals surface area contributed by atoms with E-state index in [0.717, 1.165) is 22.1 Å². The lowest BCUT2D eigenvalue weighted by Crippen LogP contribution is -2.19. The molecule has 0 atom stereocenters. The molecule has 3 aromatic carbocycles. The Labute approximate surface area is 176 Å². The largest absolute Gasteiger partial charge is 0.497 e. The van der Waals surface area contributed by atoms with Crippen LogP contribution in [0.15, 0.2) is 59.7 Å². The van der Waals surface area contributed by atoms with Crippen LogP contribution in [0.4, 0.5) is 0 Å². The summed E-state index contributed by atoms with van der Waals surface area (Å²) in [5.74, 6) is 1.58. The van der Waals surface area contributed by atoms with Crippen LogP contribution < -0.4 is 19.6 Å². The van der Waals surface area contributed by atoms with Gasteiger partial charge in [0.2, 0.25) is 0 Å². The predicted octanol–water partition coefficient (Wildman–Crippen LogP) is 4.80. The van der Waals surface area contributed by atoms with Gasteiger partial charge in [0, 0.05) is 5.56 Å². The first-order valence-corrected chi connectivity index (χ1v) is 9.68. The normalized spacial score (nSPS) is 11.5. The summed E-state index contributed by atoms with van der Waals surface area (Å²) in [5, 5.41) is 6.40. The van der Waals surface area contributed by atoms with E-state index < -0.39 is 0 Å². The van der Waals surface area contributed by atoms with Gasteiger partial charge in [-0.2, -0.15) is 5.10 Å². The molecule has 0 saturated carbocycles. The average molecular weight is 406 g/mol. The van der Waals surface area contributed by atoms with Crippen LogP contribution in [0.1, 0.15) is 36.7 Å². The summed E-state index contributed by atoms with van der Waals surface area (Å²) in [6.07, 6.45) is 0.00821. The number of amides is 1. The van der Waals surface area contributed by atoms with Gasteiger partial charge in [0.15, 0.2) is 11.5 Å². The maximum Gasteiger partial charge on any atom is 0.271 e. The molecule has 0 heterocycles. The highest BCUT2D eigenvalue weighted by molar-refractivity contribution is 6.03. The van der Waals surface area contributed by atoms with Gasteiger partial charge in [0.25, 0.3) is 5.91 Å². The number of nitrogens with one attached hydrogen (secondary N) is 1. The first-order valence-electron chi connectivity index (χ1n) is 9.68. The second kappa shape index (κ2) is 9.31. The molecule has 0 aliphatic heterocycles. The molecular weight excluding hydrogens is 380 g/mol. The molecule has 0 radical (unpaired) electrons. The number of rotatable bonds is 7. The SMILES string of the molecule is COc1ccc2cc(/C(C)=N\NC(=O)c3ccc(OC(C)C)c(OC)c3)ccc2c1. The van der Waals surface area contributed by atoms with E-state index in [-0.39, 0.29) is 12.0 Å². The van der Waals surface area contributed by atoms with E-state index in [0.29, 0.717) is 22.8 Å². The van der Waals surface area contributed by atoms with Gasteiger partial charge < -0.3 is 14.2 Å². The van der Waals surface area contributed by atoms with Gasteiger partial charge in [0.05, 0.1) is 26.0 Å². The van der Waals surface area contributed by atoms with Crippen molar-refractivity contribution in [2.75, 3.05) is 14.2 Å². The van der Waals surface area contributed by atoms with Crippen LogP contribution in [0.25, 0.3) is 10.8 Å². The van der Waals surface area contributed by atoms with Gasteiger partial charge in [-0.1, -0.05) is 18.2 Å². The molecule has 0 saturated heterocycles. The summed E-state index contributed by atoms with van der Waals surface area (Å²) in [4.78, 5) is 12.5. The molecule has 3 aromatic rings.